The summed E-state index contributed by atoms with van der Waals surface area (Å²) >= 11 is 0. The topological polar surface area (TPSA) is 47.3 Å². The molecule has 3 rings (SSSR count). The minimum atomic E-state index is -4.69. The number of carbonyl (C=O) groups excluding carboxylic acids is 1. The molecule has 1 aromatic carbocycles. The van der Waals surface area contributed by atoms with Crippen LogP contribution in [0.2, 0.25) is 0 Å². The van der Waals surface area contributed by atoms with Crippen LogP contribution in [0.3, 0.4) is 0 Å². The van der Waals surface area contributed by atoms with E-state index in [-0.39, 0.29) is 22.6 Å². The van der Waals surface area contributed by atoms with Crippen LogP contribution in [0, 0.1) is 12.7 Å². The number of aryl methyl sites for hydroxylation is 1. The molecule has 0 unspecified atom stereocenters. The van der Waals surface area contributed by atoms with Gasteiger partial charge in [-0.3, -0.25) is 4.79 Å². The molecule has 4 nitrogen and oxygen atoms in total. The normalized spacial score (nSPS) is 11.9. The van der Waals surface area contributed by atoms with E-state index in [0.29, 0.717) is 16.4 Å². The highest BCUT2D eigenvalue weighted by Crippen LogP contribution is 2.33. The van der Waals surface area contributed by atoms with Crippen molar-refractivity contribution in [2.75, 3.05) is 0 Å². The van der Waals surface area contributed by atoms with E-state index in [4.69, 9.17) is 0 Å². The molecule has 3 aromatic rings. The summed E-state index contributed by atoms with van der Waals surface area (Å²) in [5, 5.41) is 3.74. The molecule has 2 heterocycles. The Bertz CT molecular complexity index is 898. The molecule has 8 heteroatoms. The van der Waals surface area contributed by atoms with E-state index < -0.39 is 17.7 Å². The second-order valence-electron chi connectivity index (χ2n) is 4.88. The molecule has 0 spiro atoms. The third kappa shape index (κ3) is 2.56. The molecule has 0 N–H and O–H groups in total. The lowest BCUT2D eigenvalue weighted by atomic mass is 10.1. The summed E-state index contributed by atoms with van der Waals surface area (Å²) < 4.78 is 53.4. The minimum Gasteiger partial charge on any atom is -0.298 e. The molecule has 0 saturated heterocycles. The van der Waals surface area contributed by atoms with Gasteiger partial charge in [0.15, 0.2) is 17.6 Å². The Morgan fingerprint density at radius 1 is 1.17 bits per heavy atom. The molecule has 118 valence electrons. The first kappa shape index (κ1) is 15.1. The summed E-state index contributed by atoms with van der Waals surface area (Å²) in [4.78, 5) is 15.2. The predicted molar refractivity (Wildman–Crippen MR) is 73.5 cm³/mol. The van der Waals surface area contributed by atoms with Gasteiger partial charge < -0.3 is 0 Å². The number of fused-ring (bicyclic) bond motifs is 1. The van der Waals surface area contributed by atoms with Gasteiger partial charge in [-0.05, 0) is 37.3 Å². The molecule has 0 atom stereocenters. The van der Waals surface area contributed by atoms with Crippen LogP contribution in [-0.2, 0) is 6.18 Å². The van der Waals surface area contributed by atoms with Crippen molar-refractivity contribution in [2.45, 2.75) is 13.1 Å². The summed E-state index contributed by atoms with van der Waals surface area (Å²) in [6.07, 6.45) is -4.27. The van der Waals surface area contributed by atoms with E-state index in [1.807, 2.05) is 0 Å². The maximum atomic E-state index is 13.3. The summed E-state index contributed by atoms with van der Waals surface area (Å²) in [6.45, 7) is 1.43. The van der Waals surface area contributed by atoms with Crippen molar-refractivity contribution in [2.24, 2.45) is 0 Å². The Morgan fingerprint density at radius 2 is 1.83 bits per heavy atom. The lowest BCUT2D eigenvalue weighted by Crippen LogP contribution is -2.14. The van der Waals surface area contributed by atoms with Crippen LogP contribution in [0.1, 0.15) is 21.7 Å². The van der Waals surface area contributed by atoms with Crippen LogP contribution < -0.4 is 0 Å². The zero-order valence-corrected chi connectivity index (χ0v) is 11.7. The molecule has 0 amide bonds. The average molecular weight is 323 g/mol. The van der Waals surface area contributed by atoms with Gasteiger partial charge in [0.2, 0.25) is 0 Å². The molecular formula is C15H9F4N3O. The van der Waals surface area contributed by atoms with Gasteiger partial charge in [-0.1, -0.05) is 0 Å². The van der Waals surface area contributed by atoms with Crippen LogP contribution in [0.15, 0.2) is 30.3 Å². The number of aromatic nitrogens is 3. The molecule has 0 radical (unpaired) electrons. The average Bonchev–Trinajstić information content (AvgIpc) is 2.81. The molecule has 0 aliphatic rings. The maximum Gasteiger partial charge on any atom is 0.433 e. The lowest BCUT2D eigenvalue weighted by Gasteiger charge is -2.11. The first-order chi connectivity index (χ1) is 10.8. The lowest BCUT2D eigenvalue weighted by molar-refractivity contribution is -0.142. The van der Waals surface area contributed by atoms with Gasteiger partial charge in [0, 0.05) is 5.56 Å². The standard InChI is InChI=1S/C15H9F4N3O/c1-8-11(7-23)14-20-12(9-2-4-10(16)5-3-9)6-13(15(17,18)19)22(14)21-8/h2-7H,1H3. The van der Waals surface area contributed by atoms with Gasteiger partial charge in [-0.25, -0.2) is 13.9 Å². The number of halogens is 4. The number of alkyl halides is 3. The number of rotatable bonds is 2. The third-order valence-electron chi connectivity index (χ3n) is 3.36. The monoisotopic (exact) mass is 323 g/mol. The van der Waals surface area contributed by atoms with Gasteiger partial charge in [0.05, 0.1) is 17.0 Å². The fraction of sp³-hybridized carbons (Fsp3) is 0.133. The SMILES string of the molecule is Cc1nn2c(C(F)(F)F)cc(-c3ccc(F)cc3)nc2c1C=O. The summed E-state index contributed by atoms with van der Waals surface area (Å²) in [5.74, 6) is -0.514. The molecule has 0 saturated carbocycles. The molecular weight excluding hydrogens is 314 g/mol. The smallest absolute Gasteiger partial charge is 0.298 e. The van der Waals surface area contributed by atoms with Gasteiger partial charge in [0.1, 0.15) is 5.82 Å². The van der Waals surface area contributed by atoms with Crippen LogP contribution in [0.4, 0.5) is 17.6 Å². The highest BCUT2D eigenvalue weighted by molar-refractivity contribution is 5.86. The van der Waals surface area contributed by atoms with E-state index in [1.165, 1.54) is 19.1 Å². The Labute approximate surface area is 127 Å². The van der Waals surface area contributed by atoms with E-state index in [9.17, 15) is 22.4 Å². The quantitative estimate of drug-likeness (QED) is 0.534. The Kier molecular flexibility index (Phi) is 3.39. The zero-order valence-electron chi connectivity index (χ0n) is 11.7. The van der Waals surface area contributed by atoms with Crippen LogP contribution in [0.25, 0.3) is 16.9 Å². The fourth-order valence-corrected chi connectivity index (χ4v) is 2.25. The summed E-state index contributed by atoms with van der Waals surface area (Å²) in [7, 11) is 0. The summed E-state index contributed by atoms with van der Waals surface area (Å²) in [6, 6.07) is 5.70. The predicted octanol–water partition coefficient (Wildman–Crippen LogP) is 3.68. The fourth-order valence-electron chi connectivity index (χ4n) is 2.25. The van der Waals surface area contributed by atoms with Gasteiger partial charge >= 0.3 is 6.18 Å². The summed E-state index contributed by atoms with van der Waals surface area (Å²) in [5.41, 5.74) is -0.832. The zero-order chi connectivity index (χ0) is 16.8. The Hall–Kier alpha value is -2.77. The molecule has 0 aliphatic heterocycles. The van der Waals surface area contributed by atoms with Crippen LogP contribution >= 0.6 is 0 Å². The minimum absolute atomic E-state index is 0.0144. The number of benzene rings is 1. The number of aldehydes is 1. The van der Waals surface area contributed by atoms with Gasteiger partial charge in [-0.15, -0.1) is 0 Å². The molecule has 2 aromatic heterocycles. The van der Waals surface area contributed by atoms with Crippen molar-refractivity contribution in [3.05, 3.63) is 53.1 Å². The number of nitrogens with zero attached hydrogens (tertiary/aromatic N) is 3. The van der Waals surface area contributed by atoms with Crippen molar-refractivity contribution < 1.29 is 22.4 Å². The van der Waals surface area contributed by atoms with Crippen molar-refractivity contribution in [3.8, 4) is 11.3 Å². The Morgan fingerprint density at radius 3 is 2.39 bits per heavy atom. The van der Waals surface area contributed by atoms with E-state index in [0.717, 1.165) is 18.2 Å². The second kappa shape index (κ2) is 5.15. The second-order valence-corrected chi connectivity index (χ2v) is 4.88. The van der Waals surface area contributed by atoms with E-state index >= 15 is 0 Å². The Balaban J connectivity index is 2.36. The van der Waals surface area contributed by atoms with Crippen LogP contribution in [-0.4, -0.2) is 20.9 Å². The number of hydrogen-bond acceptors (Lipinski definition) is 3. The van der Waals surface area contributed by atoms with Crippen molar-refractivity contribution in [3.63, 3.8) is 0 Å². The molecule has 0 aliphatic carbocycles. The highest BCUT2D eigenvalue weighted by Gasteiger charge is 2.36. The van der Waals surface area contributed by atoms with Crippen LogP contribution in [0.5, 0.6) is 0 Å². The first-order valence-corrected chi connectivity index (χ1v) is 6.50. The molecule has 0 fully saturated rings. The van der Waals surface area contributed by atoms with Gasteiger partial charge in [0.25, 0.3) is 0 Å². The number of carbonyl (C=O) groups is 1. The maximum absolute atomic E-state index is 13.3. The van der Waals surface area contributed by atoms with Crippen molar-refractivity contribution in [1.29, 1.82) is 0 Å². The number of hydrogen-bond donors (Lipinski definition) is 0. The van der Waals surface area contributed by atoms with E-state index in [2.05, 4.69) is 10.1 Å². The third-order valence-corrected chi connectivity index (χ3v) is 3.36. The van der Waals surface area contributed by atoms with Gasteiger partial charge in [-0.2, -0.15) is 18.3 Å². The largest absolute Gasteiger partial charge is 0.433 e. The molecule has 0 bridgehead atoms. The van der Waals surface area contributed by atoms with Crippen molar-refractivity contribution in [1.82, 2.24) is 14.6 Å². The van der Waals surface area contributed by atoms with E-state index in [1.54, 1.807) is 0 Å². The molecule has 23 heavy (non-hydrogen) atoms. The first-order valence-electron chi connectivity index (χ1n) is 6.50. The highest BCUT2D eigenvalue weighted by atomic mass is 19.4. The van der Waals surface area contributed by atoms with Crippen molar-refractivity contribution >= 4 is 11.9 Å².